The SMILES string of the molecule is CC(C)(C)OC(=O)NCCCC[C@@H](NC(=O)OCC1c2ccccc2-c2ccccc21)c1nc(Cc2ccccc2)no1. The highest BCUT2D eigenvalue weighted by molar-refractivity contribution is 5.79. The van der Waals surface area contributed by atoms with E-state index in [4.69, 9.17) is 14.0 Å². The van der Waals surface area contributed by atoms with Crippen molar-refractivity contribution in [2.24, 2.45) is 0 Å². The van der Waals surface area contributed by atoms with Crippen molar-refractivity contribution in [3.05, 3.63) is 107 Å². The number of carbonyl (C=O) groups excluding carboxylic acids is 2. The lowest BCUT2D eigenvalue weighted by molar-refractivity contribution is 0.0527. The van der Waals surface area contributed by atoms with Crippen molar-refractivity contribution in [2.75, 3.05) is 13.2 Å². The first kappa shape index (κ1) is 29.8. The quantitative estimate of drug-likeness (QED) is 0.184. The molecule has 2 amide bonds. The summed E-state index contributed by atoms with van der Waals surface area (Å²) in [5.41, 5.74) is 5.13. The Morgan fingerprint density at radius 1 is 0.884 bits per heavy atom. The largest absolute Gasteiger partial charge is 0.449 e. The van der Waals surface area contributed by atoms with Crippen LogP contribution in [0.5, 0.6) is 0 Å². The van der Waals surface area contributed by atoms with E-state index in [0.717, 1.165) is 16.7 Å². The van der Waals surface area contributed by atoms with Gasteiger partial charge in [0.25, 0.3) is 0 Å². The van der Waals surface area contributed by atoms with Gasteiger partial charge in [-0.2, -0.15) is 4.98 Å². The van der Waals surface area contributed by atoms with E-state index in [1.54, 1.807) is 0 Å². The van der Waals surface area contributed by atoms with Crippen molar-refractivity contribution >= 4 is 12.2 Å². The van der Waals surface area contributed by atoms with E-state index in [9.17, 15) is 9.59 Å². The van der Waals surface area contributed by atoms with E-state index in [0.29, 0.717) is 43.9 Å². The van der Waals surface area contributed by atoms with Crippen molar-refractivity contribution in [1.29, 1.82) is 0 Å². The average molecular weight is 583 g/mol. The summed E-state index contributed by atoms with van der Waals surface area (Å²) in [5.74, 6) is 0.808. The fourth-order valence-electron chi connectivity index (χ4n) is 5.28. The molecule has 0 unspecified atom stereocenters. The predicted molar refractivity (Wildman–Crippen MR) is 163 cm³/mol. The smallest absolute Gasteiger partial charge is 0.407 e. The lowest BCUT2D eigenvalue weighted by atomic mass is 9.98. The number of amides is 2. The van der Waals surface area contributed by atoms with Gasteiger partial charge in [-0.05, 0) is 67.9 Å². The number of carbonyl (C=O) groups is 2. The fraction of sp³-hybridized carbons (Fsp3) is 0.353. The van der Waals surface area contributed by atoms with E-state index in [1.807, 2.05) is 75.4 Å². The summed E-state index contributed by atoms with van der Waals surface area (Å²) in [4.78, 5) is 29.7. The molecule has 1 aliphatic rings. The molecule has 0 spiro atoms. The molecular formula is C34H38N4O5. The van der Waals surface area contributed by atoms with Crippen molar-refractivity contribution < 1.29 is 23.6 Å². The number of hydrogen-bond donors (Lipinski definition) is 2. The molecule has 1 aliphatic carbocycles. The highest BCUT2D eigenvalue weighted by atomic mass is 16.6. The lowest BCUT2D eigenvalue weighted by Crippen LogP contribution is -2.33. The molecule has 224 valence electrons. The first-order valence-corrected chi connectivity index (χ1v) is 14.7. The third-order valence-corrected chi connectivity index (χ3v) is 7.21. The molecule has 0 bridgehead atoms. The molecule has 0 fully saturated rings. The van der Waals surface area contributed by atoms with E-state index in [-0.39, 0.29) is 12.5 Å². The predicted octanol–water partition coefficient (Wildman–Crippen LogP) is 6.94. The Labute approximate surface area is 252 Å². The topological polar surface area (TPSA) is 116 Å². The van der Waals surface area contributed by atoms with Crippen molar-refractivity contribution in [3.63, 3.8) is 0 Å². The Bertz CT molecular complexity index is 1480. The minimum atomic E-state index is -0.558. The molecule has 1 heterocycles. The van der Waals surface area contributed by atoms with E-state index in [2.05, 4.69) is 45.0 Å². The van der Waals surface area contributed by atoms with Crippen molar-refractivity contribution in [3.8, 4) is 11.1 Å². The summed E-state index contributed by atoms with van der Waals surface area (Å²) in [5, 5.41) is 9.86. The summed E-state index contributed by atoms with van der Waals surface area (Å²) < 4.78 is 16.7. The maximum absolute atomic E-state index is 13.1. The standard InChI is InChI=1S/C34H38N4O5/c1-34(2,3)42-32(39)35-20-12-11-19-29(31-37-30(38-43-31)21-23-13-5-4-6-14-23)36-33(40)41-22-28-26-17-9-7-15-24(26)25-16-8-10-18-27(25)28/h4-10,13-18,28-29H,11-12,19-22H2,1-3H3,(H,35,39)(H,36,40)/t29-/m1/s1. The Morgan fingerprint density at radius 3 is 2.21 bits per heavy atom. The molecule has 9 heteroatoms. The fourth-order valence-corrected chi connectivity index (χ4v) is 5.28. The molecule has 3 aromatic carbocycles. The summed E-state index contributed by atoms with van der Waals surface area (Å²) >= 11 is 0. The number of unbranched alkanes of at least 4 members (excludes halogenated alkanes) is 1. The monoisotopic (exact) mass is 582 g/mol. The summed E-state index contributed by atoms with van der Waals surface area (Å²) in [6.45, 7) is 6.11. The number of nitrogens with zero attached hydrogens (tertiary/aromatic N) is 2. The van der Waals surface area contributed by atoms with Gasteiger partial charge in [0, 0.05) is 18.9 Å². The van der Waals surface area contributed by atoms with Crippen LogP contribution in [0.4, 0.5) is 9.59 Å². The maximum atomic E-state index is 13.1. The highest BCUT2D eigenvalue weighted by Gasteiger charge is 2.30. The number of alkyl carbamates (subject to hydrolysis) is 2. The Balaban J connectivity index is 1.21. The third kappa shape index (κ3) is 8.00. The number of benzene rings is 3. The van der Waals surface area contributed by atoms with Gasteiger partial charge < -0.3 is 24.6 Å². The second-order valence-electron chi connectivity index (χ2n) is 11.7. The number of rotatable bonds is 11. The second-order valence-corrected chi connectivity index (χ2v) is 11.7. The van der Waals surface area contributed by atoms with Crippen LogP contribution in [-0.2, 0) is 15.9 Å². The zero-order valence-electron chi connectivity index (χ0n) is 24.8. The van der Waals surface area contributed by atoms with Crippen LogP contribution in [0.15, 0.2) is 83.4 Å². The Morgan fingerprint density at radius 2 is 1.53 bits per heavy atom. The van der Waals surface area contributed by atoms with Gasteiger partial charge in [-0.1, -0.05) is 84.0 Å². The number of nitrogens with one attached hydrogen (secondary N) is 2. The van der Waals surface area contributed by atoms with Gasteiger partial charge in [-0.25, -0.2) is 9.59 Å². The van der Waals surface area contributed by atoms with Crippen molar-refractivity contribution in [2.45, 2.75) is 64.0 Å². The van der Waals surface area contributed by atoms with Gasteiger partial charge in [0.15, 0.2) is 5.82 Å². The first-order chi connectivity index (χ1) is 20.8. The van der Waals surface area contributed by atoms with Crippen LogP contribution in [-0.4, -0.2) is 41.1 Å². The van der Waals surface area contributed by atoms with Gasteiger partial charge in [0.1, 0.15) is 18.2 Å². The van der Waals surface area contributed by atoms with Crippen LogP contribution >= 0.6 is 0 Å². The molecule has 5 rings (SSSR count). The second kappa shape index (κ2) is 13.5. The van der Waals surface area contributed by atoms with Crippen LogP contribution in [0.1, 0.15) is 80.4 Å². The summed E-state index contributed by atoms with van der Waals surface area (Å²) in [6, 6.07) is 25.8. The van der Waals surface area contributed by atoms with Crippen LogP contribution in [0.2, 0.25) is 0 Å². The molecule has 1 aromatic heterocycles. The van der Waals surface area contributed by atoms with Gasteiger partial charge in [0.05, 0.1) is 0 Å². The third-order valence-electron chi connectivity index (χ3n) is 7.21. The first-order valence-electron chi connectivity index (χ1n) is 14.7. The number of fused-ring (bicyclic) bond motifs is 3. The minimum absolute atomic E-state index is 0.0450. The van der Waals surface area contributed by atoms with Crippen LogP contribution in [0.3, 0.4) is 0 Å². The zero-order chi connectivity index (χ0) is 30.2. The van der Waals surface area contributed by atoms with Gasteiger partial charge in [-0.15, -0.1) is 0 Å². The lowest BCUT2D eigenvalue weighted by Gasteiger charge is -2.20. The molecule has 2 N–H and O–H groups in total. The molecule has 0 saturated heterocycles. The molecule has 9 nitrogen and oxygen atoms in total. The van der Waals surface area contributed by atoms with E-state index < -0.39 is 23.8 Å². The van der Waals surface area contributed by atoms with E-state index in [1.165, 1.54) is 11.1 Å². The number of ether oxygens (including phenoxy) is 2. The highest BCUT2D eigenvalue weighted by Crippen LogP contribution is 2.44. The number of hydrogen-bond acceptors (Lipinski definition) is 7. The summed E-state index contributed by atoms with van der Waals surface area (Å²) in [6.07, 6.45) is 1.38. The minimum Gasteiger partial charge on any atom is -0.449 e. The van der Waals surface area contributed by atoms with Gasteiger partial charge in [0.2, 0.25) is 5.89 Å². The van der Waals surface area contributed by atoms with Crippen LogP contribution in [0, 0.1) is 0 Å². The maximum Gasteiger partial charge on any atom is 0.407 e. The number of aromatic nitrogens is 2. The summed E-state index contributed by atoms with van der Waals surface area (Å²) in [7, 11) is 0. The molecule has 0 aliphatic heterocycles. The molecule has 0 saturated carbocycles. The van der Waals surface area contributed by atoms with Crippen LogP contribution < -0.4 is 10.6 Å². The van der Waals surface area contributed by atoms with Gasteiger partial charge in [-0.3, -0.25) is 0 Å². The van der Waals surface area contributed by atoms with Gasteiger partial charge >= 0.3 is 12.2 Å². The molecular weight excluding hydrogens is 544 g/mol. The van der Waals surface area contributed by atoms with Crippen LogP contribution in [0.25, 0.3) is 11.1 Å². The van der Waals surface area contributed by atoms with Crippen molar-refractivity contribution in [1.82, 2.24) is 20.8 Å². The molecule has 0 radical (unpaired) electrons. The average Bonchev–Trinajstić information content (AvgIpc) is 3.57. The molecule has 43 heavy (non-hydrogen) atoms. The molecule has 1 atom stereocenters. The Hall–Kier alpha value is -4.66. The Kier molecular flexibility index (Phi) is 9.39. The normalized spacial score (nSPS) is 13.1. The zero-order valence-corrected chi connectivity index (χ0v) is 24.8. The van der Waals surface area contributed by atoms with E-state index >= 15 is 0 Å². The molecule has 4 aromatic rings.